The van der Waals surface area contributed by atoms with Crippen LogP contribution in [0.1, 0.15) is 27.2 Å². The van der Waals surface area contributed by atoms with Gasteiger partial charge in [-0.2, -0.15) is 0 Å². The average Bonchev–Trinajstić information content (AvgIpc) is 2.44. The highest BCUT2D eigenvalue weighted by Crippen LogP contribution is 2.30. The molecule has 0 spiro atoms. The molecule has 0 radical (unpaired) electrons. The summed E-state index contributed by atoms with van der Waals surface area (Å²) in [6.07, 6.45) is 0.765. The number of nitrogens with zero attached hydrogens (tertiary/aromatic N) is 1. The van der Waals surface area contributed by atoms with E-state index in [-0.39, 0.29) is 29.5 Å². The van der Waals surface area contributed by atoms with Gasteiger partial charge < -0.3 is 14.8 Å². The molecule has 0 aliphatic rings. The molecule has 0 heterocycles. The first-order valence-electron chi connectivity index (χ1n) is 6.55. The van der Waals surface area contributed by atoms with E-state index in [1.165, 1.54) is 25.3 Å². The van der Waals surface area contributed by atoms with Gasteiger partial charge in [0.1, 0.15) is 5.75 Å². The lowest BCUT2D eigenvalue weighted by atomic mass is 10.0. The van der Waals surface area contributed by atoms with Gasteiger partial charge in [-0.05, 0) is 32.4 Å². The van der Waals surface area contributed by atoms with E-state index in [1.54, 1.807) is 0 Å². The fraction of sp³-hybridized carbons (Fsp3) is 0.500. The summed E-state index contributed by atoms with van der Waals surface area (Å²) in [7, 11) is 1.42. The lowest BCUT2D eigenvalue weighted by Crippen LogP contribution is -2.44. The molecule has 7 nitrogen and oxygen atoms in total. The minimum atomic E-state index is -0.578. The van der Waals surface area contributed by atoms with Gasteiger partial charge in [0.05, 0.1) is 18.1 Å². The number of nitro benzene ring substituents is 1. The van der Waals surface area contributed by atoms with Gasteiger partial charge in [0.2, 0.25) is 0 Å². The quantitative estimate of drug-likeness (QED) is 0.615. The highest BCUT2D eigenvalue weighted by atomic mass is 16.6. The van der Waals surface area contributed by atoms with Gasteiger partial charge in [-0.3, -0.25) is 14.9 Å². The van der Waals surface area contributed by atoms with Gasteiger partial charge in [-0.1, -0.05) is 6.92 Å². The summed E-state index contributed by atoms with van der Waals surface area (Å²) in [5, 5.41) is 13.8. The fourth-order valence-electron chi connectivity index (χ4n) is 1.53. The van der Waals surface area contributed by atoms with E-state index in [1.807, 2.05) is 20.8 Å². The van der Waals surface area contributed by atoms with Crippen LogP contribution in [-0.4, -0.2) is 30.1 Å². The lowest BCUT2D eigenvalue weighted by molar-refractivity contribution is -0.385. The maximum atomic E-state index is 11.8. The van der Waals surface area contributed by atoms with Crippen LogP contribution in [0.2, 0.25) is 0 Å². The van der Waals surface area contributed by atoms with Gasteiger partial charge in [0.25, 0.3) is 5.91 Å². The van der Waals surface area contributed by atoms with Crippen LogP contribution in [0.3, 0.4) is 0 Å². The van der Waals surface area contributed by atoms with Gasteiger partial charge in [-0.25, -0.2) is 0 Å². The van der Waals surface area contributed by atoms with Crippen LogP contribution in [0.15, 0.2) is 18.2 Å². The van der Waals surface area contributed by atoms with E-state index in [9.17, 15) is 14.9 Å². The summed E-state index contributed by atoms with van der Waals surface area (Å²) in [5.41, 5.74) is -0.580. The van der Waals surface area contributed by atoms with Crippen molar-refractivity contribution in [3.05, 3.63) is 28.3 Å². The summed E-state index contributed by atoms with van der Waals surface area (Å²) in [6.45, 7) is 5.45. The summed E-state index contributed by atoms with van der Waals surface area (Å²) < 4.78 is 10.2. The van der Waals surface area contributed by atoms with Crippen LogP contribution in [0.5, 0.6) is 11.5 Å². The van der Waals surface area contributed by atoms with Crippen molar-refractivity contribution in [1.82, 2.24) is 5.32 Å². The van der Waals surface area contributed by atoms with Crippen LogP contribution in [0.4, 0.5) is 5.69 Å². The number of methoxy groups -OCH3 is 1. The van der Waals surface area contributed by atoms with E-state index in [0.29, 0.717) is 5.75 Å². The summed E-state index contributed by atoms with van der Waals surface area (Å²) in [4.78, 5) is 22.2. The minimum Gasteiger partial charge on any atom is -0.496 e. The Morgan fingerprint density at radius 1 is 1.43 bits per heavy atom. The number of amides is 1. The molecule has 0 saturated carbocycles. The molecular weight excluding hydrogens is 276 g/mol. The van der Waals surface area contributed by atoms with Crippen molar-refractivity contribution in [2.24, 2.45) is 0 Å². The van der Waals surface area contributed by atoms with E-state index in [0.717, 1.165) is 6.42 Å². The SMILES string of the molecule is CCC(C)(C)NC(=O)COc1ccc(OC)cc1[N+](=O)[O-]. The Morgan fingerprint density at radius 2 is 2.10 bits per heavy atom. The molecule has 0 aliphatic heterocycles. The van der Waals surface area contributed by atoms with Crippen molar-refractivity contribution in [2.75, 3.05) is 13.7 Å². The molecule has 1 N–H and O–H groups in total. The standard InChI is InChI=1S/C14H20N2O5/c1-5-14(2,3)15-13(17)9-21-12-7-6-10(20-4)8-11(12)16(18)19/h6-8H,5,9H2,1-4H3,(H,15,17). The monoisotopic (exact) mass is 296 g/mol. The number of nitro groups is 1. The fourth-order valence-corrected chi connectivity index (χ4v) is 1.53. The number of rotatable bonds is 7. The molecule has 0 unspecified atom stereocenters. The van der Waals surface area contributed by atoms with Crippen molar-refractivity contribution in [2.45, 2.75) is 32.7 Å². The maximum Gasteiger partial charge on any atom is 0.314 e. The van der Waals surface area contributed by atoms with Crippen LogP contribution in [0.25, 0.3) is 0 Å². The summed E-state index contributed by atoms with van der Waals surface area (Å²) >= 11 is 0. The number of nitrogens with one attached hydrogen (secondary N) is 1. The lowest BCUT2D eigenvalue weighted by Gasteiger charge is -2.24. The second kappa shape index (κ2) is 6.92. The second-order valence-corrected chi connectivity index (χ2v) is 5.17. The average molecular weight is 296 g/mol. The number of ether oxygens (including phenoxy) is 2. The number of hydrogen-bond donors (Lipinski definition) is 1. The second-order valence-electron chi connectivity index (χ2n) is 5.17. The number of benzene rings is 1. The largest absolute Gasteiger partial charge is 0.496 e. The molecule has 0 aliphatic carbocycles. The van der Waals surface area contributed by atoms with E-state index < -0.39 is 4.92 Å². The topological polar surface area (TPSA) is 90.7 Å². The molecule has 1 rings (SSSR count). The number of hydrogen-bond acceptors (Lipinski definition) is 5. The Morgan fingerprint density at radius 3 is 2.62 bits per heavy atom. The molecule has 0 atom stereocenters. The Labute approximate surface area is 123 Å². The van der Waals surface area contributed by atoms with Gasteiger partial charge in [0.15, 0.2) is 12.4 Å². The highest BCUT2D eigenvalue weighted by molar-refractivity contribution is 5.78. The molecule has 0 saturated heterocycles. The van der Waals surface area contributed by atoms with Crippen molar-refractivity contribution < 1.29 is 19.2 Å². The smallest absolute Gasteiger partial charge is 0.314 e. The van der Waals surface area contributed by atoms with Gasteiger partial charge >= 0.3 is 5.69 Å². The molecule has 7 heteroatoms. The molecule has 21 heavy (non-hydrogen) atoms. The van der Waals surface area contributed by atoms with Crippen LogP contribution >= 0.6 is 0 Å². The van der Waals surface area contributed by atoms with Crippen LogP contribution < -0.4 is 14.8 Å². The predicted octanol–water partition coefficient (Wildman–Crippen LogP) is 2.29. The Kier molecular flexibility index (Phi) is 5.52. The molecule has 1 aromatic carbocycles. The predicted molar refractivity (Wildman–Crippen MR) is 77.7 cm³/mol. The summed E-state index contributed by atoms with van der Waals surface area (Å²) in [5.74, 6) is 0.0582. The Hall–Kier alpha value is -2.31. The van der Waals surface area contributed by atoms with E-state index in [4.69, 9.17) is 9.47 Å². The first-order valence-corrected chi connectivity index (χ1v) is 6.55. The third-order valence-corrected chi connectivity index (χ3v) is 3.08. The normalized spacial score (nSPS) is 10.9. The zero-order valence-electron chi connectivity index (χ0n) is 12.6. The van der Waals surface area contributed by atoms with Crippen molar-refractivity contribution in [3.63, 3.8) is 0 Å². The first-order chi connectivity index (χ1) is 9.79. The maximum absolute atomic E-state index is 11.8. The minimum absolute atomic E-state index is 0.0326. The van der Waals surface area contributed by atoms with E-state index in [2.05, 4.69) is 5.32 Å². The number of carbonyl (C=O) groups is 1. The molecule has 1 amide bonds. The van der Waals surface area contributed by atoms with Crippen LogP contribution in [-0.2, 0) is 4.79 Å². The molecule has 0 fully saturated rings. The summed E-state index contributed by atoms with van der Waals surface area (Å²) in [6, 6.07) is 4.20. The molecule has 116 valence electrons. The molecule has 0 aromatic heterocycles. The van der Waals surface area contributed by atoms with Crippen molar-refractivity contribution >= 4 is 11.6 Å². The first kappa shape index (κ1) is 16.7. The molecule has 0 bridgehead atoms. The molecular formula is C14H20N2O5. The highest BCUT2D eigenvalue weighted by Gasteiger charge is 2.20. The Bertz CT molecular complexity index is 528. The van der Waals surface area contributed by atoms with Crippen molar-refractivity contribution in [1.29, 1.82) is 0 Å². The van der Waals surface area contributed by atoms with Crippen LogP contribution in [0, 0.1) is 10.1 Å². The number of carbonyl (C=O) groups excluding carboxylic acids is 1. The Balaban J connectivity index is 2.75. The zero-order valence-corrected chi connectivity index (χ0v) is 12.6. The van der Waals surface area contributed by atoms with Gasteiger partial charge in [0, 0.05) is 5.54 Å². The zero-order chi connectivity index (χ0) is 16.0. The van der Waals surface area contributed by atoms with Gasteiger partial charge in [-0.15, -0.1) is 0 Å². The third kappa shape index (κ3) is 4.94. The van der Waals surface area contributed by atoms with Crippen molar-refractivity contribution in [3.8, 4) is 11.5 Å². The van der Waals surface area contributed by atoms with E-state index >= 15 is 0 Å². The third-order valence-electron chi connectivity index (χ3n) is 3.08. The molecule has 1 aromatic rings.